The Balaban J connectivity index is 1.98. The highest BCUT2D eigenvalue weighted by Gasteiger charge is 2.22. The van der Waals surface area contributed by atoms with Crippen molar-refractivity contribution in [1.82, 2.24) is 0 Å². The van der Waals surface area contributed by atoms with E-state index in [0.717, 1.165) is 12.1 Å². The van der Waals surface area contributed by atoms with Crippen LogP contribution in [-0.2, 0) is 19.9 Å². The second kappa shape index (κ2) is 8.27. The zero-order valence-corrected chi connectivity index (χ0v) is 18.0. The van der Waals surface area contributed by atoms with Gasteiger partial charge in [-0.15, -0.1) is 0 Å². The molecule has 1 N–H and O–H groups in total. The number of carbonyl (C=O) groups is 1. The molecule has 0 atom stereocenters. The number of halogens is 2. The lowest BCUT2D eigenvalue weighted by molar-refractivity contribution is -0.255. The Kier molecular flexibility index (Phi) is 6.09. The van der Waals surface area contributed by atoms with Gasteiger partial charge in [0.1, 0.15) is 0 Å². The average Bonchev–Trinajstić information content (AvgIpc) is 2.70. The molecule has 0 fully saturated rings. The fourth-order valence-electron chi connectivity index (χ4n) is 2.51. The van der Waals surface area contributed by atoms with Gasteiger partial charge in [0.05, 0.1) is 30.7 Å². The third-order valence-corrected chi connectivity index (χ3v) is 7.85. The van der Waals surface area contributed by atoms with Crippen LogP contribution in [0.2, 0.25) is 10.0 Å². The maximum atomic E-state index is 12.9. The normalized spacial score (nSPS) is 11.8. The molecule has 0 amide bonds. The van der Waals surface area contributed by atoms with Crippen molar-refractivity contribution in [2.75, 3.05) is 4.72 Å². The first-order chi connectivity index (χ1) is 14.0. The molecular formula is C19H12Cl2NO6S2-. The summed E-state index contributed by atoms with van der Waals surface area (Å²) in [5.41, 5.74) is -0.236. The lowest BCUT2D eigenvalue weighted by Gasteiger charge is -2.11. The summed E-state index contributed by atoms with van der Waals surface area (Å²) in [5, 5.41) is 11.2. The first-order valence-corrected chi connectivity index (χ1v) is 11.9. The fourth-order valence-corrected chi connectivity index (χ4v) is 5.38. The molecule has 0 saturated heterocycles. The van der Waals surface area contributed by atoms with Gasteiger partial charge >= 0.3 is 0 Å². The van der Waals surface area contributed by atoms with E-state index < -0.39 is 25.8 Å². The predicted molar refractivity (Wildman–Crippen MR) is 110 cm³/mol. The van der Waals surface area contributed by atoms with Crippen LogP contribution in [0.5, 0.6) is 0 Å². The fraction of sp³-hybridized carbons (Fsp3) is 0. The summed E-state index contributed by atoms with van der Waals surface area (Å²) in [6.45, 7) is 0. The Morgan fingerprint density at radius 3 is 2.07 bits per heavy atom. The maximum Gasteiger partial charge on any atom is 0.261 e. The summed E-state index contributed by atoms with van der Waals surface area (Å²) in [6, 6.07) is 13.5. The summed E-state index contributed by atoms with van der Waals surface area (Å²) in [6.07, 6.45) is 0. The van der Waals surface area contributed by atoms with Gasteiger partial charge < -0.3 is 9.90 Å². The van der Waals surface area contributed by atoms with Gasteiger partial charge in [0.15, 0.2) is 0 Å². The maximum absolute atomic E-state index is 12.9. The molecule has 30 heavy (non-hydrogen) atoms. The summed E-state index contributed by atoms with van der Waals surface area (Å²) in [7, 11) is -8.28. The van der Waals surface area contributed by atoms with Crippen molar-refractivity contribution in [1.29, 1.82) is 0 Å². The van der Waals surface area contributed by atoms with Gasteiger partial charge in [-0.05, 0) is 54.1 Å². The van der Waals surface area contributed by atoms with Gasteiger partial charge in [0.2, 0.25) is 9.84 Å². The minimum Gasteiger partial charge on any atom is -0.545 e. The highest BCUT2D eigenvalue weighted by atomic mass is 35.5. The van der Waals surface area contributed by atoms with E-state index in [1.807, 2.05) is 0 Å². The van der Waals surface area contributed by atoms with Crippen LogP contribution < -0.4 is 9.83 Å². The summed E-state index contributed by atoms with van der Waals surface area (Å²) in [4.78, 5) is 10.2. The Bertz CT molecular complexity index is 1350. The topological polar surface area (TPSA) is 120 Å². The first kappa shape index (κ1) is 22.1. The SMILES string of the molecule is O=C([O-])c1cccc(NS(=O)(=O)c2cccc(S(=O)(=O)c3ccc(Cl)c(Cl)c3)c2)c1. The van der Waals surface area contributed by atoms with E-state index in [1.54, 1.807) is 0 Å². The Morgan fingerprint density at radius 2 is 1.40 bits per heavy atom. The number of sulfonamides is 1. The number of carboxylic acids is 1. The third-order valence-electron chi connectivity index (χ3n) is 3.98. The molecule has 0 aliphatic carbocycles. The van der Waals surface area contributed by atoms with Gasteiger partial charge in [-0.1, -0.05) is 41.4 Å². The van der Waals surface area contributed by atoms with E-state index in [9.17, 15) is 26.7 Å². The number of carboxylic acid groups (broad SMARTS) is 1. The van der Waals surface area contributed by atoms with E-state index in [2.05, 4.69) is 4.72 Å². The van der Waals surface area contributed by atoms with Crippen LogP contribution in [0, 0.1) is 0 Å². The van der Waals surface area contributed by atoms with Crippen molar-refractivity contribution < 1.29 is 26.7 Å². The van der Waals surface area contributed by atoms with Crippen molar-refractivity contribution in [2.24, 2.45) is 0 Å². The second-order valence-electron chi connectivity index (χ2n) is 6.03. The number of benzene rings is 3. The molecule has 0 aliphatic heterocycles. The van der Waals surface area contributed by atoms with Crippen LogP contribution in [0.4, 0.5) is 5.69 Å². The molecule has 0 aromatic heterocycles. The summed E-state index contributed by atoms with van der Waals surface area (Å²) < 4.78 is 53.3. The molecule has 3 aromatic carbocycles. The number of nitrogens with one attached hydrogen (secondary N) is 1. The van der Waals surface area contributed by atoms with Crippen LogP contribution in [-0.4, -0.2) is 22.8 Å². The lowest BCUT2D eigenvalue weighted by atomic mass is 10.2. The minimum atomic E-state index is -4.21. The quantitative estimate of drug-likeness (QED) is 0.573. The molecule has 0 radical (unpaired) electrons. The zero-order valence-electron chi connectivity index (χ0n) is 14.9. The van der Waals surface area contributed by atoms with Gasteiger partial charge in [-0.2, -0.15) is 0 Å². The van der Waals surface area contributed by atoms with Crippen molar-refractivity contribution >= 4 is 54.7 Å². The van der Waals surface area contributed by atoms with Crippen molar-refractivity contribution in [3.8, 4) is 0 Å². The number of aromatic carboxylic acids is 1. The molecular weight excluding hydrogens is 473 g/mol. The summed E-state index contributed by atoms with van der Waals surface area (Å²) >= 11 is 11.7. The van der Waals surface area contributed by atoms with E-state index in [1.165, 1.54) is 54.6 Å². The number of anilines is 1. The van der Waals surface area contributed by atoms with Crippen LogP contribution >= 0.6 is 23.2 Å². The molecule has 11 heteroatoms. The minimum absolute atomic E-state index is 0.0190. The second-order valence-corrected chi connectivity index (χ2v) is 10.5. The largest absolute Gasteiger partial charge is 0.545 e. The molecule has 0 unspecified atom stereocenters. The van der Waals surface area contributed by atoms with Gasteiger partial charge in [0, 0.05) is 5.69 Å². The molecule has 156 valence electrons. The highest BCUT2D eigenvalue weighted by molar-refractivity contribution is 7.93. The van der Waals surface area contributed by atoms with Crippen molar-refractivity contribution in [2.45, 2.75) is 14.7 Å². The number of rotatable bonds is 6. The first-order valence-electron chi connectivity index (χ1n) is 8.15. The average molecular weight is 485 g/mol. The van der Waals surface area contributed by atoms with E-state index in [4.69, 9.17) is 23.2 Å². The Labute approximate surface area is 182 Å². The van der Waals surface area contributed by atoms with E-state index in [0.29, 0.717) is 0 Å². The zero-order chi connectivity index (χ0) is 22.1. The van der Waals surface area contributed by atoms with Crippen LogP contribution in [0.3, 0.4) is 0 Å². The van der Waals surface area contributed by atoms with Crippen molar-refractivity contribution in [3.05, 3.63) is 82.3 Å². The van der Waals surface area contributed by atoms with Crippen molar-refractivity contribution in [3.63, 3.8) is 0 Å². The number of carbonyl (C=O) groups excluding carboxylic acids is 1. The molecule has 3 aromatic rings. The summed E-state index contributed by atoms with van der Waals surface area (Å²) in [5.74, 6) is -1.47. The van der Waals surface area contributed by atoms with Crippen LogP contribution in [0.1, 0.15) is 10.4 Å². The standard InChI is InChI=1S/C19H13Cl2NO6S2/c20-17-8-7-15(11-18(17)21)29(25,26)14-5-2-6-16(10-14)30(27,28)22-13-4-1-3-12(9-13)19(23)24/h1-11,22H,(H,23,24)/p-1. The number of hydrogen-bond donors (Lipinski definition) is 1. The molecule has 0 saturated carbocycles. The predicted octanol–water partition coefficient (Wildman–Crippen LogP) is 2.99. The van der Waals surface area contributed by atoms with Gasteiger partial charge in [-0.3, -0.25) is 4.72 Å². The molecule has 0 spiro atoms. The third kappa shape index (κ3) is 4.59. The molecule has 3 rings (SSSR count). The van der Waals surface area contributed by atoms with Crippen LogP contribution in [0.15, 0.2) is 81.4 Å². The molecule has 0 aliphatic rings. The van der Waals surface area contributed by atoms with E-state index >= 15 is 0 Å². The molecule has 7 nitrogen and oxygen atoms in total. The van der Waals surface area contributed by atoms with Gasteiger partial charge in [-0.25, -0.2) is 16.8 Å². The molecule has 0 heterocycles. The number of hydrogen-bond acceptors (Lipinski definition) is 6. The smallest absolute Gasteiger partial charge is 0.261 e. The van der Waals surface area contributed by atoms with E-state index in [-0.39, 0.29) is 36.0 Å². The molecule has 0 bridgehead atoms. The monoisotopic (exact) mass is 484 g/mol. The highest BCUT2D eigenvalue weighted by Crippen LogP contribution is 2.29. The Hall–Kier alpha value is -2.59. The van der Waals surface area contributed by atoms with Crippen LogP contribution in [0.25, 0.3) is 0 Å². The number of sulfone groups is 1. The lowest BCUT2D eigenvalue weighted by Crippen LogP contribution is -2.22. The van der Waals surface area contributed by atoms with Gasteiger partial charge in [0.25, 0.3) is 10.0 Å². The Morgan fingerprint density at radius 1 is 0.767 bits per heavy atom.